The highest BCUT2D eigenvalue weighted by Gasteiger charge is 2.38. The third kappa shape index (κ3) is 2.84. The fourth-order valence-electron chi connectivity index (χ4n) is 5.11. The maximum absolute atomic E-state index is 13.3. The van der Waals surface area contributed by atoms with E-state index in [9.17, 15) is 4.79 Å². The lowest BCUT2D eigenvalue weighted by atomic mass is 9.83. The summed E-state index contributed by atoms with van der Waals surface area (Å²) in [5.74, 6) is 2.53. The minimum Gasteiger partial charge on any atom is -0.461 e. The van der Waals surface area contributed by atoms with Gasteiger partial charge in [-0.2, -0.15) is 0 Å². The monoisotopic (exact) mass is 352 g/mol. The fourth-order valence-corrected chi connectivity index (χ4v) is 5.11. The van der Waals surface area contributed by atoms with Crippen molar-refractivity contribution in [3.63, 3.8) is 0 Å². The molecule has 4 heteroatoms. The van der Waals surface area contributed by atoms with Crippen molar-refractivity contribution in [1.29, 1.82) is 0 Å². The van der Waals surface area contributed by atoms with Gasteiger partial charge in [0, 0.05) is 37.6 Å². The molecule has 3 aliphatic heterocycles. The Labute approximate surface area is 155 Å². The van der Waals surface area contributed by atoms with E-state index in [-0.39, 0.29) is 5.91 Å². The van der Waals surface area contributed by atoms with E-state index < -0.39 is 0 Å². The highest BCUT2D eigenvalue weighted by molar-refractivity contribution is 6.05. The lowest BCUT2D eigenvalue weighted by molar-refractivity contribution is 0.0718. The van der Waals surface area contributed by atoms with Crippen LogP contribution < -0.4 is 0 Å². The topological polar surface area (TPSA) is 36.7 Å². The number of furan rings is 1. The number of aryl methyl sites for hydroxylation is 1. The van der Waals surface area contributed by atoms with Gasteiger partial charge in [0.15, 0.2) is 0 Å². The van der Waals surface area contributed by atoms with E-state index in [2.05, 4.69) is 9.80 Å². The quantitative estimate of drug-likeness (QED) is 0.835. The summed E-state index contributed by atoms with van der Waals surface area (Å²) in [6.07, 6.45) is 6.71. The zero-order chi connectivity index (χ0) is 17.7. The minimum absolute atomic E-state index is 0.146. The first kappa shape index (κ1) is 16.4. The molecular weight excluding hydrogens is 324 g/mol. The molecule has 1 aliphatic carbocycles. The molecule has 2 atom stereocenters. The molecule has 0 N–H and O–H groups in total. The fraction of sp³-hybridized carbons (Fsp3) is 0.591. The van der Waals surface area contributed by atoms with Crippen LogP contribution in [-0.2, 0) is 0 Å². The van der Waals surface area contributed by atoms with Gasteiger partial charge in [-0.1, -0.05) is 18.6 Å². The summed E-state index contributed by atoms with van der Waals surface area (Å²) in [6.45, 7) is 6.13. The van der Waals surface area contributed by atoms with Crippen LogP contribution in [0.15, 0.2) is 28.7 Å². The van der Waals surface area contributed by atoms with Crippen LogP contribution in [0.3, 0.4) is 0 Å². The Morgan fingerprint density at radius 2 is 2.04 bits per heavy atom. The first-order valence-corrected chi connectivity index (χ1v) is 10.2. The molecular formula is C22H28N2O2. The van der Waals surface area contributed by atoms with Crippen molar-refractivity contribution in [2.45, 2.75) is 45.1 Å². The highest BCUT2D eigenvalue weighted by Crippen LogP contribution is 2.34. The molecule has 4 nitrogen and oxygen atoms in total. The van der Waals surface area contributed by atoms with Gasteiger partial charge in [-0.05, 0) is 56.6 Å². The number of carbonyl (C=O) groups is 1. The molecule has 1 aromatic carbocycles. The number of hydrogen-bond donors (Lipinski definition) is 0. The number of fused-ring (bicyclic) bond motifs is 5. The van der Waals surface area contributed by atoms with Gasteiger partial charge in [-0.3, -0.25) is 9.69 Å². The van der Waals surface area contributed by atoms with Crippen LogP contribution in [-0.4, -0.2) is 47.9 Å². The van der Waals surface area contributed by atoms with E-state index in [4.69, 9.17) is 4.42 Å². The third-order valence-electron chi connectivity index (χ3n) is 6.73. The molecule has 6 rings (SSSR count). The molecule has 4 aliphatic rings. The van der Waals surface area contributed by atoms with E-state index in [1.54, 1.807) is 0 Å². The Hall–Kier alpha value is -1.81. The summed E-state index contributed by atoms with van der Waals surface area (Å²) >= 11 is 0. The second kappa shape index (κ2) is 6.41. The van der Waals surface area contributed by atoms with Crippen LogP contribution in [0.4, 0.5) is 0 Å². The van der Waals surface area contributed by atoms with E-state index in [0.717, 1.165) is 41.3 Å². The molecule has 0 radical (unpaired) electrons. The van der Waals surface area contributed by atoms with Gasteiger partial charge in [0.1, 0.15) is 11.3 Å². The van der Waals surface area contributed by atoms with Crippen LogP contribution in [0.2, 0.25) is 0 Å². The van der Waals surface area contributed by atoms with Gasteiger partial charge in [0.2, 0.25) is 0 Å². The Bertz CT molecular complexity index is 823. The van der Waals surface area contributed by atoms with Gasteiger partial charge in [0.25, 0.3) is 5.91 Å². The van der Waals surface area contributed by atoms with Crippen molar-refractivity contribution in [2.75, 3.05) is 26.2 Å². The van der Waals surface area contributed by atoms with Crippen LogP contribution in [0.25, 0.3) is 11.0 Å². The van der Waals surface area contributed by atoms with Crippen LogP contribution in [0.1, 0.15) is 48.2 Å². The number of amides is 1. The zero-order valence-electron chi connectivity index (χ0n) is 15.6. The zero-order valence-corrected chi connectivity index (χ0v) is 15.6. The van der Waals surface area contributed by atoms with Gasteiger partial charge in [0.05, 0.1) is 5.56 Å². The maximum Gasteiger partial charge on any atom is 0.257 e. The summed E-state index contributed by atoms with van der Waals surface area (Å²) in [7, 11) is 0. The molecule has 2 bridgehead atoms. The number of nitrogens with zero attached hydrogens (tertiary/aromatic N) is 2. The van der Waals surface area contributed by atoms with Gasteiger partial charge in [-0.25, -0.2) is 0 Å². The smallest absolute Gasteiger partial charge is 0.257 e. The number of benzene rings is 1. The first-order chi connectivity index (χ1) is 12.7. The average molecular weight is 352 g/mol. The molecule has 4 fully saturated rings. The van der Waals surface area contributed by atoms with Crippen molar-refractivity contribution in [3.8, 4) is 0 Å². The number of rotatable bonds is 3. The molecule has 1 aromatic heterocycles. The summed E-state index contributed by atoms with van der Waals surface area (Å²) in [4.78, 5) is 18.1. The number of para-hydroxylation sites is 1. The SMILES string of the molecule is Cc1cc2cccc(C(=O)N3C[C@@H]4CC[C@H](C3)N(CC3CCC3)C4)c2o1. The Morgan fingerprint density at radius 1 is 1.15 bits per heavy atom. The van der Waals surface area contributed by atoms with Crippen molar-refractivity contribution in [3.05, 3.63) is 35.6 Å². The standard InChI is InChI=1S/C22H28N2O2/c1-15-10-18-6-3-7-20(21(18)26-15)22(25)24-13-17-8-9-19(14-24)23(12-17)11-16-4-2-5-16/h3,6-7,10,16-17,19H,2,4-5,8-9,11-14H2,1H3/t17-,19-/m1/s1. The lowest BCUT2D eigenvalue weighted by Crippen LogP contribution is -2.47. The molecule has 0 unspecified atom stereocenters. The molecule has 0 spiro atoms. The molecule has 3 saturated heterocycles. The maximum atomic E-state index is 13.3. The third-order valence-corrected chi connectivity index (χ3v) is 6.73. The normalized spacial score (nSPS) is 26.9. The van der Waals surface area contributed by atoms with Crippen LogP contribution in [0, 0.1) is 18.8 Å². The van der Waals surface area contributed by atoms with Gasteiger partial charge >= 0.3 is 0 Å². The average Bonchev–Trinajstić information content (AvgIpc) is 2.77. The highest BCUT2D eigenvalue weighted by atomic mass is 16.3. The minimum atomic E-state index is 0.146. The largest absolute Gasteiger partial charge is 0.461 e. The Kier molecular flexibility index (Phi) is 4.04. The van der Waals surface area contributed by atoms with Crippen molar-refractivity contribution < 1.29 is 9.21 Å². The molecule has 138 valence electrons. The van der Waals surface area contributed by atoms with Gasteiger partial charge in [-0.15, -0.1) is 0 Å². The lowest BCUT2D eigenvalue weighted by Gasteiger charge is -2.40. The summed E-state index contributed by atoms with van der Waals surface area (Å²) < 4.78 is 5.85. The van der Waals surface area contributed by atoms with Crippen LogP contribution in [0.5, 0.6) is 0 Å². The van der Waals surface area contributed by atoms with Crippen molar-refractivity contribution >= 4 is 16.9 Å². The van der Waals surface area contributed by atoms with E-state index in [1.165, 1.54) is 45.2 Å². The second-order valence-electron chi connectivity index (χ2n) is 8.64. The summed E-state index contributed by atoms with van der Waals surface area (Å²) in [6, 6.07) is 8.47. The summed E-state index contributed by atoms with van der Waals surface area (Å²) in [5, 5.41) is 1.03. The second-order valence-corrected chi connectivity index (χ2v) is 8.64. The first-order valence-electron chi connectivity index (χ1n) is 10.2. The molecule has 26 heavy (non-hydrogen) atoms. The Balaban J connectivity index is 1.38. The van der Waals surface area contributed by atoms with E-state index in [0.29, 0.717) is 12.0 Å². The predicted molar refractivity (Wildman–Crippen MR) is 102 cm³/mol. The molecule has 1 amide bonds. The van der Waals surface area contributed by atoms with Crippen LogP contribution >= 0.6 is 0 Å². The van der Waals surface area contributed by atoms with E-state index >= 15 is 0 Å². The summed E-state index contributed by atoms with van der Waals surface area (Å²) in [5.41, 5.74) is 1.47. The Morgan fingerprint density at radius 3 is 2.85 bits per heavy atom. The van der Waals surface area contributed by atoms with Crippen molar-refractivity contribution in [2.24, 2.45) is 11.8 Å². The molecule has 2 aromatic rings. The van der Waals surface area contributed by atoms with E-state index in [1.807, 2.05) is 31.2 Å². The number of hydrogen-bond acceptors (Lipinski definition) is 3. The molecule has 1 saturated carbocycles. The predicted octanol–water partition coefficient (Wildman–Crippen LogP) is 4.08. The number of carbonyl (C=O) groups excluding carboxylic acids is 1. The molecule has 4 heterocycles. The van der Waals surface area contributed by atoms with Gasteiger partial charge < -0.3 is 9.32 Å². The van der Waals surface area contributed by atoms with Crippen molar-refractivity contribution in [1.82, 2.24) is 9.80 Å². The number of piperidine rings is 1.